The zero-order chi connectivity index (χ0) is 12.4. The molecular formula is C11H15N5O. The zero-order valence-electron chi connectivity index (χ0n) is 9.47. The summed E-state index contributed by atoms with van der Waals surface area (Å²) >= 11 is 0. The van der Waals surface area contributed by atoms with Gasteiger partial charge in [0.05, 0.1) is 18.0 Å². The third kappa shape index (κ3) is 2.09. The minimum absolute atomic E-state index is 0.00384. The number of anilines is 1. The van der Waals surface area contributed by atoms with Crippen LogP contribution in [-0.4, -0.2) is 15.7 Å². The van der Waals surface area contributed by atoms with E-state index in [1.165, 1.54) is 0 Å². The first-order chi connectivity index (χ1) is 8.13. The van der Waals surface area contributed by atoms with Crippen LogP contribution >= 0.6 is 0 Å². The van der Waals surface area contributed by atoms with Crippen molar-refractivity contribution in [1.82, 2.24) is 9.78 Å². The second kappa shape index (κ2) is 4.45. The fraction of sp³-hybridized carbons (Fsp3) is 0.545. The number of nitrogen functional groups attached to an aromatic ring is 1. The van der Waals surface area contributed by atoms with Crippen molar-refractivity contribution in [2.75, 3.05) is 5.73 Å². The van der Waals surface area contributed by atoms with Crippen LogP contribution in [0.2, 0.25) is 0 Å². The van der Waals surface area contributed by atoms with Crippen molar-refractivity contribution < 1.29 is 4.79 Å². The third-order valence-electron chi connectivity index (χ3n) is 3.26. The molecule has 2 rings (SSSR count). The van der Waals surface area contributed by atoms with Crippen molar-refractivity contribution in [3.05, 3.63) is 11.8 Å². The Balaban J connectivity index is 2.30. The largest absolute Gasteiger partial charge is 0.382 e. The summed E-state index contributed by atoms with van der Waals surface area (Å²) in [7, 11) is 0. The van der Waals surface area contributed by atoms with E-state index in [1.807, 2.05) is 0 Å². The van der Waals surface area contributed by atoms with Gasteiger partial charge >= 0.3 is 0 Å². The Hall–Kier alpha value is -2.03. The molecule has 17 heavy (non-hydrogen) atoms. The van der Waals surface area contributed by atoms with Crippen molar-refractivity contribution in [3.63, 3.8) is 0 Å². The van der Waals surface area contributed by atoms with Crippen LogP contribution in [0.4, 0.5) is 5.82 Å². The Bertz CT molecular complexity index is 473. The Morgan fingerprint density at radius 1 is 1.53 bits per heavy atom. The van der Waals surface area contributed by atoms with E-state index < -0.39 is 5.91 Å². The van der Waals surface area contributed by atoms with E-state index in [-0.39, 0.29) is 23.3 Å². The Kier molecular flexibility index (Phi) is 3.00. The Morgan fingerprint density at radius 2 is 2.24 bits per heavy atom. The van der Waals surface area contributed by atoms with Crippen molar-refractivity contribution in [3.8, 4) is 6.07 Å². The summed E-state index contributed by atoms with van der Waals surface area (Å²) in [4.78, 5) is 11.1. The molecule has 1 aromatic heterocycles. The predicted molar refractivity (Wildman–Crippen MR) is 61.8 cm³/mol. The van der Waals surface area contributed by atoms with Gasteiger partial charge in [0.2, 0.25) is 0 Å². The van der Waals surface area contributed by atoms with Crippen LogP contribution in [-0.2, 0) is 0 Å². The lowest BCUT2D eigenvalue weighted by atomic mass is 9.85. The van der Waals surface area contributed by atoms with Crippen molar-refractivity contribution >= 4 is 11.7 Å². The molecule has 6 nitrogen and oxygen atoms in total. The minimum atomic E-state index is -0.585. The number of hydrogen-bond acceptors (Lipinski definition) is 4. The number of carbonyl (C=O) groups excluding carboxylic acids is 1. The quantitative estimate of drug-likeness (QED) is 0.787. The highest BCUT2D eigenvalue weighted by atomic mass is 16.1. The molecule has 1 aromatic rings. The lowest BCUT2D eigenvalue weighted by Crippen LogP contribution is -2.22. The van der Waals surface area contributed by atoms with Gasteiger partial charge in [-0.1, -0.05) is 12.8 Å². The van der Waals surface area contributed by atoms with Gasteiger partial charge in [0.1, 0.15) is 5.56 Å². The summed E-state index contributed by atoms with van der Waals surface area (Å²) in [5.74, 6) is -0.512. The van der Waals surface area contributed by atoms with Crippen molar-refractivity contribution in [2.45, 2.75) is 31.7 Å². The van der Waals surface area contributed by atoms with Gasteiger partial charge in [0.25, 0.3) is 5.91 Å². The van der Waals surface area contributed by atoms with Crippen molar-refractivity contribution in [1.29, 1.82) is 5.26 Å². The number of nitriles is 1. The number of amides is 1. The molecule has 90 valence electrons. The van der Waals surface area contributed by atoms with Crippen LogP contribution in [0.1, 0.15) is 42.1 Å². The van der Waals surface area contributed by atoms with Gasteiger partial charge in [0.15, 0.2) is 5.82 Å². The summed E-state index contributed by atoms with van der Waals surface area (Å²) in [6, 6.07) is 2.30. The van der Waals surface area contributed by atoms with Crippen LogP contribution in [0, 0.1) is 17.2 Å². The smallest absolute Gasteiger partial charge is 0.254 e. The molecule has 4 N–H and O–H groups in total. The van der Waals surface area contributed by atoms with Gasteiger partial charge in [-0.3, -0.25) is 9.48 Å². The number of nitrogens with two attached hydrogens (primary N) is 2. The molecular weight excluding hydrogens is 218 g/mol. The first kappa shape index (κ1) is 11.5. The molecule has 0 radical (unpaired) electrons. The SMILES string of the molecule is N#C[C@@H]1CCCC[C@@H]1n1cc(C(N)=O)c(N)n1. The first-order valence-corrected chi connectivity index (χ1v) is 5.67. The maximum Gasteiger partial charge on any atom is 0.254 e. The number of rotatable bonds is 2. The number of hydrogen-bond donors (Lipinski definition) is 2. The molecule has 1 aliphatic rings. The molecule has 1 heterocycles. The average molecular weight is 233 g/mol. The number of aromatic nitrogens is 2. The lowest BCUT2D eigenvalue weighted by Gasteiger charge is -2.26. The second-order valence-electron chi connectivity index (χ2n) is 4.36. The third-order valence-corrected chi connectivity index (χ3v) is 3.26. The maximum atomic E-state index is 11.1. The van der Waals surface area contributed by atoms with Crippen molar-refractivity contribution in [2.24, 2.45) is 11.7 Å². The van der Waals surface area contributed by atoms with Gasteiger partial charge < -0.3 is 11.5 Å². The van der Waals surface area contributed by atoms with Crippen LogP contribution in [0.25, 0.3) is 0 Å². The normalized spacial score (nSPS) is 24.2. The summed E-state index contributed by atoms with van der Waals surface area (Å²) in [5, 5.41) is 13.2. The standard InChI is InChI=1S/C11H15N5O/c12-5-7-3-1-2-4-9(7)16-6-8(11(14)17)10(13)15-16/h6-7,9H,1-4H2,(H2,13,15)(H2,14,17)/t7-,9-/m0/s1. The molecule has 1 saturated carbocycles. The summed E-state index contributed by atoms with van der Waals surface area (Å²) < 4.78 is 1.63. The van der Waals surface area contributed by atoms with Gasteiger partial charge in [0, 0.05) is 6.20 Å². The molecule has 0 bridgehead atoms. The summed E-state index contributed by atoms with van der Waals surface area (Å²) in [6.07, 6.45) is 5.44. The predicted octanol–water partition coefficient (Wildman–Crippen LogP) is 0.819. The second-order valence-corrected chi connectivity index (χ2v) is 4.36. The van der Waals surface area contributed by atoms with Crippen LogP contribution in [0.3, 0.4) is 0 Å². The molecule has 0 spiro atoms. The topological polar surface area (TPSA) is 111 Å². The van der Waals surface area contributed by atoms with E-state index in [9.17, 15) is 4.79 Å². The fourth-order valence-electron chi connectivity index (χ4n) is 2.34. The van der Waals surface area contributed by atoms with Gasteiger partial charge in [-0.25, -0.2) is 0 Å². The Morgan fingerprint density at radius 3 is 2.82 bits per heavy atom. The molecule has 0 aliphatic heterocycles. The molecule has 2 atom stereocenters. The average Bonchev–Trinajstić information content (AvgIpc) is 2.71. The lowest BCUT2D eigenvalue weighted by molar-refractivity contribution is 0.100. The number of nitrogens with zero attached hydrogens (tertiary/aromatic N) is 3. The Labute approximate surface area is 99.2 Å². The van der Waals surface area contributed by atoms with Crippen LogP contribution in [0.5, 0.6) is 0 Å². The molecule has 0 aromatic carbocycles. The number of primary amides is 1. The van der Waals surface area contributed by atoms with E-state index in [0.29, 0.717) is 0 Å². The van der Waals surface area contributed by atoms with E-state index in [4.69, 9.17) is 16.7 Å². The summed E-state index contributed by atoms with van der Waals surface area (Å²) in [5.41, 5.74) is 11.0. The number of carbonyl (C=O) groups is 1. The van der Waals surface area contributed by atoms with Gasteiger partial charge in [-0.15, -0.1) is 0 Å². The zero-order valence-corrected chi connectivity index (χ0v) is 9.47. The molecule has 1 fully saturated rings. The van der Waals surface area contributed by atoms with E-state index in [0.717, 1.165) is 25.7 Å². The molecule has 1 amide bonds. The molecule has 1 aliphatic carbocycles. The highest BCUT2D eigenvalue weighted by Gasteiger charge is 2.28. The summed E-state index contributed by atoms with van der Waals surface area (Å²) in [6.45, 7) is 0. The van der Waals surface area contributed by atoms with Gasteiger partial charge in [-0.2, -0.15) is 10.4 Å². The first-order valence-electron chi connectivity index (χ1n) is 5.67. The highest BCUT2D eigenvalue weighted by molar-refractivity contribution is 5.96. The highest BCUT2D eigenvalue weighted by Crippen LogP contribution is 2.33. The fourth-order valence-corrected chi connectivity index (χ4v) is 2.34. The van der Waals surface area contributed by atoms with E-state index in [1.54, 1.807) is 10.9 Å². The molecule has 6 heteroatoms. The maximum absolute atomic E-state index is 11.1. The van der Waals surface area contributed by atoms with E-state index >= 15 is 0 Å². The van der Waals surface area contributed by atoms with Crippen LogP contribution < -0.4 is 11.5 Å². The van der Waals surface area contributed by atoms with Crippen LogP contribution in [0.15, 0.2) is 6.20 Å². The molecule has 0 saturated heterocycles. The van der Waals surface area contributed by atoms with Gasteiger partial charge in [-0.05, 0) is 12.8 Å². The minimum Gasteiger partial charge on any atom is -0.382 e. The monoisotopic (exact) mass is 233 g/mol. The van der Waals surface area contributed by atoms with E-state index in [2.05, 4.69) is 11.2 Å². The molecule has 0 unspecified atom stereocenters.